The predicted octanol–water partition coefficient (Wildman–Crippen LogP) is 2.18. The number of hydrogen-bond acceptors (Lipinski definition) is 7. The number of hydrazine groups is 1. The summed E-state index contributed by atoms with van der Waals surface area (Å²) < 4.78 is 0. The Kier molecular flexibility index (Phi) is 6.27. The molecule has 31 heavy (non-hydrogen) atoms. The molecular formula is C23H31N7O. The summed E-state index contributed by atoms with van der Waals surface area (Å²) in [6, 6.07) is 12.2. The fourth-order valence-corrected chi connectivity index (χ4v) is 4.19. The molecule has 1 unspecified atom stereocenters. The van der Waals surface area contributed by atoms with Crippen molar-refractivity contribution in [1.29, 1.82) is 0 Å². The van der Waals surface area contributed by atoms with Crippen LogP contribution < -0.4 is 33.0 Å². The Hall–Kier alpha value is -3.26. The second-order valence-electron chi connectivity index (χ2n) is 8.37. The molecule has 0 bridgehead atoms. The van der Waals surface area contributed by atoms with E-state index in [0.717, 1.165) is 29.6 Å². The van der Waals surface area contributed by atoms with Gasteiger partial charge in [-0.2, -0.15) is 0 Å². The van der Waals surface area contributed by atoms with Crippen molar-refractivity contribution in [1.82, 2.24) is 21.2 Å². The molecule has 0 radical (unpaired) electrons. The van der Waals surface area contributed by atoms with Crippen LogP contribution in [0.2, 0.25) is 0 Å². The Morgan fingerprint density at radius 3 is 2.74 bits per heavy atom. The van der Waals surface area contributed by atoms with Gasteiger partial charge in [-0.1, -0.05) is 38.0 Å². The zero-order chi connectivity index (χ0) is 21.8. The fraction of sp³-hybridized carbons (Fsp3) is 0.391. The molecule has 1 fully saturated rings. The summed E-state index contributed by atoms with van der Waals surface area (Å²) in [6.45, 7) is 2.06. The standard InChI is InChI=1S/C23H31N7O/c1-14-10-12-20(27-18-9-5-3-7-16(18)24)29-30-22(23(25)31)21(14)28-19-13-11-15-6-2-4-8-17(15)26-19/h2,4,6,8,11-14,16,18,27,29-30H,3,5,7,9-10,24H2,1H3,(H2,25,31)(H,26,28)/b20-12+,22-21+/t14?,16-,18+/m0/s1. The van der Waals surface area contributed by atoms with Crippen LogP contribution in [0.15, 0.2) is 59.7 Å². The highest BCUT2D eigenvalue weighted by molar-refractivity contribution is 5.92. The molecule has 1 aromatic carbocycles. The Labute approximate surface area is 182 Å². The van der Waals surface area contributed by atoms with Gasteiger partial charge < -0.3 is 22.1 Å². The average Bonchev–Trinajstić information content (AvgIpc) is 2.76. The van der Waals surface area contributed by atoms with Crippen LogP contribution >= 0.6 is 0 Å². The first kappa shape index (κ1) is 21.0. The molecule has 2 heterocycles. The van der Waals surface area contributed by atoms with Gasteiger partial charge in [-0.3, -0.25) is 15.6 Å². The molecule has 8 heteroatoms. The zero-order valence-corrected chi connectivity index (χ0v) is 17.8. The molecule has 164 valence electrons. The highest BCUT2D eigenvalue weighted by Crippen LogP contribution is 2.24. The Balaban J connectivity index is 1.54. The van der Waals surface area contributed by atoms with Crippen LogP contribution in [0, 0.1) is 5.92 Å². The first-order valence-electron chi connectivity index (χ1n) is 10.9. The summed E-state index contributed by atoms with van der Waals surface area (Å²) in [5.74, 6) is 0.952. The van der Waals surface area contributed by atoms with E-state index in [-0.39, 0.29) is 18.0 Å². The van der Waals surface area contributed by atoms with Crippen molar-refractivity contribution >= 4 is 22.6 Å². The summed E-state index contributed by atoms with van der Waals surface area (Å²) in [4.78, 5) is 16.9. The number of aromatic nitrogens is 1. The topological polar surface area (TPSA) is 130 Å². The lowest BCUT2D eigenvalue weighted by molar-refractivity contribution is -0.115. The SMILES string of the molecule is CC1C/C=C(\N[C@@H]2CCCC[C@@H]2N)NN/C(C(N)=O)=C\1Nc1ccc2ccccc2n1. The highest BCUT2D eigenvalue weighted by Gasteiger charge is 2.25. The summed E-state index contributed by atoms with van der Waals surface area (Å²) in [5, 5.41) is 7.87. The fourth-order valence-electron chi connectivity index (χ4n) is 4.19. The molecule has 1 amide bonds. The number of rotatable bonds is 5. The highest BCUT2D eigenvalue weighted by atomic mass is 16.1. The summed E-state index contributed by atoms with van der Waals surface area (Å²) >= 11 is 0. The van der Waals surface area contributed by atoms with Crippen LogP contribution in [-0.4, -0.2) is 23.0 Å². The Morgan fingerprint density at radius 2 is 1.94 bits per heavy atom. The van der Waals surface area contributed by atoms with Crippen molar-refractivity contribution in [2.45, 2.75) is 51.1 Å². The third kappa shape index (κ3) is 4.91. The van der Waals surface area contributed by atoms with Crippen molar-refractivity contribution in [3.05, 3.63) is 59.7 Å². The van der Waals surface area contributed by atoms with Gasteiger partial charge in [0, 0.05) is 23.4 Å². The molecule has 1 aliphatic carbocycles. The number of nitrogens with one attached hydrogen (secondary N) is 4. The van der Waals surface area contributed by atoms with Gasteiger partial charge in [-0.15, -0.1) is 0 Å². The third-order valence-corrected chi connectivity index (χ3v) is 6.03. The van der Waals surface area contributed by atoms with Gasteiger partial charge in [0.25, 0.3) is 5.91 Å². The summed E-state index contributed by atoms with van der Waals surface area (Å²) in [6.07, 6.45) is 7.20. The molecule has 0 saturated heterocycles. The summed E-state index contributed by atoms with van der Waals surface area (Å²) in [7, 11) is 0. The van der Waals surface area contributed by atoms with Gasteiger partial charge in [0.05, 0.1) is 11.2 Å². The number of primary amides is 1. The minimum absolute atomic E-state index is 0.0159. The van der Waals surface area contributed by atoms with Crippen LogP contribution in [0.25, 0.3) is 10.9 Å². The van der Waals surface area contributed by atoms with Gasteiger partial charge in [0.1, 0.15) is 17.3 Å². The molecule has 1 aromatic heterocycles. The maximum atomic E-state index is 12.3. The minimum atomic E-state index is -0.543. The number of carbonyl (C=O) groups is 1. The number of benzene rings is 1. The van der Waals surface area contributed by atoms with Crippen molar-refractivity contribution in [3.63, 3.8) is 0 Å². The number of anilines is 1. The molecule has 2 aliphatic rings. The Bertz CT molecular complexity index is 1020. The monoisotopic (exact) mass is 421 g/mol. The van der Waals surface area contributed by atoms with Gasteiger partial charge in [-0.25, -0.2) is 4.98 Å². The number of carbonyl (C=O) groups excluding carboxylic acids is 1. The van der Waals surface area contributed by atoms with Crippen molar-refractivity contribution in [3.8, 4) is 0 Å². The second kappa shape index (κ2) is 9.26. The van der Waals surface area contributed by atoms with Gasteiger partial charge in [-0.05, 0) is 43.5 Å². The van der Waals surface area contributed by atoms with E-state index in [1.165, 1.54) is 12.8 Å². The number of amides is 1. The van der Waals surface area contributed by atoms with Crippen molar-refractivity contribution in [2.24, 2.45) is 17.4 Å². The van der Waals surface area contributed by atoms with Crippen LogP contribution in [-0.2, 0) is 4.79 Å². The molecule has 3 atom stereocenters. The quantitative estimate of drug-likeness (QED) is 0.436. The predicted molar refractivity (Wildman–Crippen MR) is 123 cm³/mol. The van der Waals surface area contributed by atoms with E-state index in [4.69, 9.17) is 11.5 Å². The van der Waals surface area contributed by atoms with E-state index < -0.39 is 5.91 Å². The minimum Gasteiger partial charge on any atom is -0.367 e. The van der Waals surface area contributed by atoms with Gasteiger partial charge in [0.15, 0.2) is 0 Å². The molecule has 8 nitrogen and oxygen atoms in total. The molecular weight excluding hydrogens is 390 g/mol. The van der Waals surface area contributed by atoms with Gasteiger partial charge in [0.2, 0.25) is 0 Å². The number of para-hydroxylation sites is 1. The lowest BCUT2D eigenvalue weighted by atomic mass is 9.91. The van der Waals surface area contributed by atoms with E-state index in [1.807, 2.05) is 36.4 Å². The average molecular weight is 422 g/mol. The van der Waals surface area contributed by atoms with E-state index in [0.29, 0.717) is 23.6 Å². The van der Waals surface area contributed by atoms with E-state index in [1.54, 1.807) is 0 Å². The van der Waals surface area contributed by atoms with Crippen molar-refractivity contribution in [2.75, 3.05) is 5.32 Å². The van der Waals surface area contributed by atoms with Crippen molar-refractivity contribution < 1.29 is 4.79 Å². The normalized spacial score (nSPS) is 28.3. The lowest BCUT2D eigenvalue weighted by Gasteiger charge is -2.32. The first-order valence-corrected chi connectivity index (χ1v) is 10.9. The van der Waals surface area contributed by atoms with Crippen LogP contribution in [0.5, 0.6) is 0 Å². The maximum absolute atomic E-state index is 12.3. The third-order valence-electron chi connectivity index (χ3n) is 6.03. The summed E-state index contributed by atoms with van der Waals surface area (Å²) in [5.41, 5.74) is 20.0. The first-order chi connectivity index (χ1) is 15.0. The smallest absolute Gasteiger partial charge is 0.268 e. The van der Waals surface area contributed by atoms with Crippen LogP contribution in [0.3, 0.4) is 0 Å². The molecule has 0 spiro atoms. The molecule has 8 N–H and O–H groups in total. The van der Waals surface area contributed by atoms with Gasteiger partial charge >= 0.3 is 0 Å². The number of nitrogens with zero attached hydrogens (tertiary/aromatic N) is 1. The molecule has 1 aliphatic heterocycles. The molecule has 4 rings (SSSR count). The number of nitrogens with two attached hydrogens (primary N) is 2. The second-order valence-corrected chi connectivity index (χ2v) is 8.37. The maximum Gasteiger partial charge on any atom is 0.268 e. The number of pyridine rings is 1. The van der Waals surface area contributed by atoms with E-state index >= 15 is 0 Å². The number of fused-ring (bicyclic) bond motifs is 1. The molecule has 1 saturated carbocycles. The van der Waals surface area contributed by atoms with E-state index in [2.05, 4.69) is 39.5 Å². The zero-order valence-electron chi connectivity index (χ0n) is 17.8. The largest absolute Gasteiger partial charge is 0.367 e. The number of allylic oxidation sites excluding steroid dienone is 2. The number of hydrogen-bond donors (Lipinski definition) is 6. The van der Waals surface area contributed by atoms with Crippen LogP contribution in [0.1, 0.15) is 39.0 Å². The lowest BCUT2D eigenvalue weighted by Crippen LogP contribution is -2.51. The Morgan fingerprint density at radius 1 is 1.13 bits per heavy atom. The van der Waals surface area contributed by atoms with Crippen LogP contribution in [0.4, 0.5) is 5.82 Å². The molecule has 2 aromatic rings. The van der Waals surface area contributed by atoms with E-state index in [9.17, 15) is 4.79 Å².